The molecule has 1 unspecified atom stereocenters. The summed E-state index contributed by atoms with van der Waals surface area (Å²) in [5.74, 6) is 0.757. The molecule has 1 aromatic carbocycles. The van der Waals surface area contributed by atoms with E-state index >= 15 is 0 Å². The Labute approximate surface area is 107 Å². The van der Waals surface area contributed by atoms with Crippen LogP contribution in [0.1, 0.15) is 26.7 Å². The van der Waals surface area contributed by atoms with E-state index in [1.165, 1.54) is 0 Å². The topological polar surface area (TPSA) is 55.5 Å². The van der Waals surface area contributed by atoms with Crippen molar-refractivity contribution in [2.45, 2.75) is 36.8 Å². The molecule has 1 rings (SSSR count). The standard InChI is InChI=1S/C13H21NO2S/c1-3-8-16-13-9-11(4-5-12(13)14)17-10(2)6-7-15/h4-5,9-10,15H,3,6-8,14H2,1-2H3. The molecule has 4 heteroatoms. The molecule has 3 nitrogen and oxygen atoms in total. The van der Waals surface area contributed by atoms with E-state index in [-0.39, 0.29) is 6.61 Å². The summed E-state index contributed by atoms with van der Waals surface area (Å²) in [6, 6.07) is 5.84. The van der Waals surface area contributed by atoms with Crippen molar-refractivity contribution in [3.05, 3.63) is 18.2 Å². The molecule has 1 atom stereocenters. The van der Waals surface area contributed by atoms with Crippen LogP contribution < -0.4 is 10.5 Å². The Hall–Kier alpha value is -0.870. The van der Waals surface area contributed by atoms with Gasteiger partial charge in [-0.1, -0.05) is 13.8 Å². The molecule has 0 aliphatic carbocycles. The van der Waals surface area contributed by atoms with E-state index in [2.05, 4.69) is 13.8 Å². The normalized spacial score (nSPS) is 12.4. The van der Waals surface area contributed by atoms with E-state index in [0.29, 0.717) is 17.5 Å². The van der Waals surface area contributed by atoms with Gasteiger partial charge in [0.1, 0.15) is 5.75 Å². The minimum absolute atomic E-state index is 0.225. The highest BCUT2D eigenvalue weighted by Crippen LogP contribution is 2.31. The smallest absolute Gasteiger partial charge is 0.143 e. The van der Waals surface area contributed by atoms with E-state index in [9.17, 15) is 0 Å². The van der Waals surface area contributed by atoms with Gasteiger partial charge in [0.05, 0.1) is 12.3 Å². The van der Waals surface area contributed by atoms with Crippen LogP contribution in [0.15, 0.2) is 23.1 Å². The Kier molecular flexibility index (Phi) is 6.22. The highest BCUT2D eigenvalue weighted by Gasteiger charge is 2.07. The summed E-state index contributed by atoms with van der Waals surface area (Å²) in [4.78, 5) is 1.13. The van der Waals surface area contributed by atoms with Crippen LogP contribution >= 0.6 is 11.8 Å². The van der Waals surface area contributed by atoms with Gasteiger partial charge in [0.25, 0.3) is 0 Å². The van der Waals surface area contributed by atoms with Crippen molar-refractivity contribution < 1.29 is 9.84 Å². The summed E-state index contributed by atoms with van der Waals surface area (Å²) in [6.07, 6.45) is 1.76. The van der Waals surface area contributed by atoms with Crippen LogP contribution in [0.25, 0.3) is 0 Å². The van der Waals surface area contributed by atoms with Gasteiger partial charge in [0, 0.05) is 16.8 Å². The molecule has 0 fully saturated rings. The second kappa shape index (κ2) is 7.45. The second-order valence-electron chi connectivity index (χ2n) is 3.99. The molecule has 96 valence electrons. The lowest BCUT2D eigenvalue weighted by Crippen LogP contribution is -2.01. The molecule has 0 spiro atoms. The summed E-state index contributed by atoms with van der Waals surface area (Å²) in [6.45, 7) is 5.08. The summed E-state index contributed by atoms with van der Waals surface area (Å²) in [7, 11) is 0. The van der Waals surface area contributed by atoms with Gasteiger partial charge in [-0.3, -0.25) is 0 Å². The van der Waals surface area contributed by atoms with Gasteiger partial charge in [0.15, 0.2) is 0 Å². The number of hydrogen-bond acceptors (Lipinski definition) is 4. The van der Waals surface area contributed by atoms with Gasteiger partial charge >= 0.3 is 0 Å². The summed E-state index contributed by atoms with van der Waals surface area (Å²) in [5.41, 5.74) is 6.52. The third-order valence-electron chi connectivity index (χ3n) is 2.32. The molecule has 0 radical (unpaired) electrons. The van der Waals surface area contributed by atoms with E-state index in [4.69, 9.17) is 15.6 Å². The fraction of sp³-hybridized carbons (Fsp3) is 0.538. The predicted molar refractivity (Wildman–Crippen MR) is 73.7 cm³/mol. The van der Waals surface area contributed by atoms with Crippen LogP contribution in [0.5, 0.6) is 5.75 Å². The Morgan fingerprint density at radius 2 is 2.24 bits per heavy atom. The first-order valence-electron chi connectivity index (χ1n) is 5.97. The van der Waals surface area contributed by atoms with Crippen molar-refractivity contribution in [2.24, 2.45) is 0 Å². The highest BCUT2D eigenvalue weighted by molar-refractivity contribution is 7.99. The van der Waals surface area contributed by atoms with Crippen LogP contribution in [0.4, 0.5) is 5.69 Å². The van der Waals surface area contributed by atoms with Crippen LogP contribution in [0.3, 0.4) is 0 Å². The van der Waals surface area contributed by atoms with Gasteiger partial charge < -0.3 is 15.6 Å². The van der Waals surface area contributed by atoms with E-state index in [1.54, 1.807) is 11.8 Å². The Morgan fingerprint density at radius 3 is 2.88 bits per heavy atom. The van der Waals surface area contributed by atoms with Gasteiger partial charge in [-0.2, -0.15) is 0 Å². The molecule has 0 saturated heterocycles. The molecule has 0 aliphatic rings. The molecule has 0 heterocycles. The molecule has 0 aromatic heterocycles. The maximum atomic E-state index is 8.87. The lowest BCUT2D eigenvalue weighted by molar-refractivity contribution is 0.289. The molecule has 0 aliphatic heterocycles. The van der Waals surface area contributed by atoms with Crippen molar-refractivity contribution >= 4 is 17.4 Å². The lowest BCUT2D eigenvalue weighted by atomic mass is 10.3. The zero-order valence-corrected chi connectivity index (χ0v) is 11.3. The summed E-state index contributed by atoms with van der Waals surface area (Å²) in [5, 5.41) is 9.26. The number of hydrogen-bond donors (Lipinski definition) is 2. The number of nitrogen functional groups attached to an aromatic ring is 1. The second-order valence-corrected chi connectivity index (χ2v) is 5.50. The van der Waals surface area contributed by atoms with Gasteiger partial charge in [-0.25, -0.2) is 0 Å². The van der Waals surface area contributed by atoms with Crippen LogP contribution in [0.2, 0.25) is 0 Å². The molecular formula is C13H21NO2S. The zero-order valence-electron chi connectivity index (χ0n) is 10.5. The maximum Gasteiger partial charge on any atom is 0.143 e. The molecule has 0 saturated carbocycles. The van der Waals surface area contributed by atoms with Crippen molar-refractivity contribution in [3.63, 3.8) is 0 Å². The monoisotopic (exact) mass is 255 g/mol. The molecular weight excluding hydrogens is 234 g/mol. The van der Waals surface area contributed by atoms with Crippen LogP contribution in [-0.2, 0) is 0 Å². The molecule has 17 heavy (non-hydrogen) atoms. The number of anilines is 1. The molecule has 0 amide bonds. The van der Waals surface area contributed by atoms with E-state index in [0.717, 1.165) is 23.5 Å². The van der Waals surface area contributed by atoms with Gasteiger partial charge in [-0.15, -0.1) is 11.8 Å². The van der Waals surface area contributed by atoms with Gasteiger partial charge in [-0.05, 0) is 31.0 Å². The third-order valence-corrected chi connectivity index (χ3v) is 3.48. The van der Waals surface area contributed by atoms with Gasteiger partial charge in [0.2, 0.25) is 0 Å². The van der Waals surface area contributed by atoms with Crippen molar-refractivity contribution in [2.75, 3.05) is 18.9 Å². The minimum atomic E-state index is 0.225. The van der Waals surface area contributed by atoms with Crippen LogP contribution in [0, 0.1) is 0 Å². The number of aliphatic hydroxyl groups is 1. The average molecular weight is 255 g/mol. The number of nitrogens with two attached hydrogens (primary N) is 1. The average Bonchev–Trinajstić information content (AvgIpc) is 2.30. The number of rotatable bonds is 7. The first-order valence-corrected chi connectivity index (χ1v) is 6.85. The Balaban J connectivity index is 2.67. The number of thioether (sulfide) groups is 1. The van der Waals surface area contributed by atoms with E-state index in [1.807, 2.05) is 18.2 Å². The van der Waals surface area contributed by atoms with Crippen LogP contribution in [-0.4, -0.2) is 23.6 Å². The summed E-state index contributed by atoms with van der Waals surface area (Å²) >= 11 is 1.73. The zero-order chi connectivity index (χ0) is 12.7. The Bertz CT molecular complexity index is 344. The van der Waals surface area contributed by atoms with E-state index < -0.39 is 0 Å². The lowest BCUT2D eigenvalue weighted by Gasteiger charge is -2.12. The fourth-order valence-corrected chi connectivity index (χ4v) is 2.41. The Morgan fingerprint density at radius 1 is 1.47 bits per heavy atom. The largest absolute Gasteiger partial charge is 0.491 e. The quantitative estimate of drug-likeness (QED) is 0.581. The number of ether oxygens (including phenoxy) is 1. The molecule has 1 aromatic rings. The molecule has 3 N–H and O–H groups in total. The highest BCUT2D eigenvalue weighted by atomic mass is 32.2. The SMILES string of the molecule is CCCOc1cc(SC(C)CCO)ccc1N. The summed E-state index contributed by atoms with van der Waals surface area (Å²) < 4.78 is 5.58. The minimum Gasteiger partial charge on any atom is -0.491 e. The first kappa shape index (κ1) is 14.2. The predicted octanol–water partition coefficient (Wildman–Crippen LogP) is 2.92. The van der Waals surface area contributed by atoms with Crippen molar-refractivity contribution in [1.29, 1.82) is 0 Å². The molecule has 0 bridgehead atoms. The van der Waals surface area contributed by atoms with Crippen molar-refractivity contribution in [3.8, 4) is 5.75 Å². The number of benzene rings is 1. The third kappa shape index (κ3) is 4.88. The number of aliphatic hydroxyl groups excluding tert-OH is 1. The first-order chi connectivity index (χ1) is 8.17. The van der Waals surface area contributed by atoms with Crippen molar-refractivity contribution in [1.82, 2.24) is 0 Å². The fourth-order valence-electron chi connectivity index (χ4n) is 1.40. The maximum absolute atomic E-state index is 8.87.